The van der Waals surface area contributed by atoms with E-state index in [1.165, 1.54) is 12.8 Å². The molecule has 1 aliphatic rings. The number of aliphatic hydroxyl groups is 1. The number of nitrogens with zero attached hydrogens (tertiary/aromatic N) is 1. The van der Waals surface area contributed by atoms with Crippen LogP contribution in [0, 0.1) is 6.92 Å². The van der Waals surface area contributed by atoms with Crippen LogP contribution in [0.5, 0.6) is 0 Å². The molecular weight excluding hydrogens is 226 g/mol. The minimum Gasteiger partial charge on any atom is -0.396 e. The highest BCUT2D eigenvalue weighted by Gasteiger charge is 2.27. The van der Waals surface area contributed by atoms with Crippen LogP contribution in [0.1, 0.15) is 44.2 Å². The Morgan fingerprint density at radius 2 is 1.94 bits per heavy atom. The highest BCUT2D eigenvalue weighted by Crippen LogP contribution is 2.27. The van der Waals surface area contributed by atoms with Gasteiger partial charge in [-0.2, -0.15) is 0 Å². The zero-order valence-electron chi connectivity index (χ0n) is 11.1. The lowest BCUT2D eigenvalue weighted by Crippen LogP contribution is -2.36. The molecule has 4 heteroatoms. The van der Waals surface area contributed by atoms with Crippen molar-refractivity contribution in [2.45, 2.75) is 51.0 Å². The second-order valence-corrected chi connectivity index (χ2v) is 5.38. The van der Waals surface area contributed by atoms with Crippen molar-refractivity contribution in [3.63, 3.8) is 0 Å². The molecule has 2 rings (SSSR count). The van der Waals surface area contributed by atoms with Crippen molar-refractivity contribution in [2.75, 3.05) is 17.6 Å². The van der Waals surface area contributed by atoms with Crippen LogP contribution in [-0.4, -0.2) is 22.2 Å². The van der Waals surface area contributed by atoms with Crippen LogP contribution in [0.4, 0.5) is 11.5 Å². The highest BCUT2D eigenvalue weighted by atomic mass is 16.3. The first kappa shape index (κ1) is 13.1. The average molecular weight is 249 g/mol. The van der Waals surface area contributed by atoms with Gasteiger partial charge >= 0.3 is 0 Å². The molecule has 1 aliphatic carbocycles. The molecule has 0 aromatic carbocycles. The summed E-state index contributed by atoms with van der Waals surface area (Å²) in [6, 6.07) is 3.74. The van der Waals surface area contributed by atoms with E-state index >= 15 is 0 Å². The van der Waals surface area contributed by atoms with E-state index in [1.54, 1.807) is 0 Å². The van der Waals surface area contributed by atoms with Crippen LogP contribution in [-0.2, 0) is 0 Å². The number of hydrogen-bond donors (Lipinski definition) is 3. The lowest BCUT2D eigenvalue weighted by Gasteiger charge is -2.27. The number of nitrogens with one attached hydrogen (secondary N) is 1. The Bertz CT molecular complexity index is 398. The largest absolute Gasteiger partial charge is 0.396 e. The number of pyridine rings is 1. The van der Waals surface area contributed by atoms with Crippen LogP contribution < -0.4 is 11.1 Å². The molecule has 0 radical (unpaired) electrons. The molecule has 4 N–H and O–H groups in total. The van der Waals surface area contributed by atoms with Gasteiger partial charge in [-0.05, 0) is 31.9 Å². The van der Waals surface area contributed by atoms with Gasteiger partial charge in [0.15, 0.2) is 0 Å². The normalized spacial score (nSPS) is 19.2. The number of aryl methyl sites for hydroxylation is 1. The lowest BCUT2D eigenvalue weighted by molar-refractivity contribution is 0.0380. The van der Waals surface area contributed by atoms with Gasteiger partial charge in [0.25, 0.3) is 0 Å². The van der Waals surface area contributed by atoms with Gasteiger partial charge in [0.1, 0.15) is 5.82 Å². The third-order valence-electron chi connectivity index (χ3n) is 3.68. The summed E-state index contributed by atoms with van der Waals surface area (Å²) < 4.78 is 0. The second kappa shape index (κ2) is 5.57. The van der Waals surface area contributed by atoms with Crippen LogP contribution >= 0.6 is 0 Å². The van der Waals surface area contributed by atoms with Gasteiger partial charge in [-0.15, -0.1) is 0 Å². The molecule has 18 heavy (non-hydrogen) atoms. The average Bonchev–Trinajstić information content (AvgIpc) is 2.56. The first-order valence-electron chi connectivity index (χ1n) is 6.78. The van der Waals surface area contributed by atoms with E-state index in [0.717, 1.165) is 31.4 Å². The summed E-state index contributed by atoms with van der Waals surface area (Å²) in [4.78, 5) is 4.36. The monoisotopic (exact) mass is 249 g/mol. The van der Waals surface area contributed by atoms with E-state index in [1.807, 2.05) is 19.1 Å². The Morgan fingerprint density at radius 1 is 1.28 bits per heavy atom. The molecule has 1 fully saturated rings. The predicted molar refractivity (Wildman–Crippen MR) is 74.5 cm³/mol. The SMILES string of the molecule is Cc1ccc(N)c(NCC2(O)CCCCCC2)n1. The molecule has 1 aromatic rings. The van der Waals surface area contributed by atoms with E-state index < -0.39 is 5.60 Å². The quantitative estimate of drug-likeness (QED) is 0.720. The third kappa shape index (κ3) is 3.35. The zero-order chi connectivity index (χ0) is 13.0. The van der Waals surface area contributed by atoms with Crippen LogP contribution in [0.2, 0.25) is 0 Å². The van der Waals surface area contributed by atoms with Crippen LogP contribution in [0.3, 0.4) is 0 Å². The van der Waals surface area contributed by atoms with Crippen molar-refractivity contribution in [2.24, 2.45) is 0 Å². The fraction of sp³-hybridized carbons (Fsp3) is 0.643. The predicted octanol–water partition coefficient (Wildman–Crippen LogP) is 2.47. The van der Waals surface area contributed by atoms with Crippen molar-refractivity contribution in [3.8, 4) is 0 Å². The summed E-state index contributed by atoms with van der Waals surface area (Å²) in [5, 5.41) is 13.7. The number of hydrogen-bond acceptors (Lipinski definition) is 4. The number of nitrogen functional groups attached to an aromatic ring is 1. The van der Waals surface area contributed by atoms with Crippen molar-refractivity contribution < 1.29 is 5.11 Å². The molecule has 4 nitrogen and oxygen atoms in total. The summed E-state index contributed by atoms with van der Waals surface area (Å²) >= 11 is 0. The Kier molecular flexibility index (Phi) is 4.07. The van der Waals surface area contributed by atoms with E-state index in [0.29, 0.717) is 18.1 Å². The van der Waals surface area contributed by atoms with Crippen molar-refractivity contribution in [3.05, 3.63) is 17.8 Å². The minimum atomic E-state index is -0.603. The summed E-state index contributed by atoms with van der Waals surface area (Å²) in [5.41, 5.74) is 6.84. The van der Waals surface area contributed by atoms with E-state index in [2.05, 4.69) is 10.3 Å². The summed E-state index contributed by atoms with van der Waals surface area (Å²) in [6.45, 7) is 2.47. The Balaban J connectivity index is 1.99. The standard InChI is InChI=1S/C14H23N3O/c1-11-6-7-12(15)13(17-11)16-10-14(18)8-4-2-3-5-9-14/h6-7,18H,2-5,8-10,15H2,1H3,(H,16,17). The molecule has 0 saturated heterocycles. The van der Waals surface area contributed by atoms with Gasteiger partial charge in [-0.3, -0.25) is 0 Å². The van der Waals surface area contributed by atoms with Crippen LogP contribution in [0.25, 0.3) is 0 Å². The molecule has 0 spiro atoms. The maximum Gasteiger partial charge on any atom is 0.149 e. The van der Waals surface area contributed by atoms with Gasteiger partial charge in [-0.1, -0.05) is 25.7 Å². The smallest absolute Gasteiger partial charge is 0.149 e. The molecule has 1 heterocycles. The molecule has 0 aliphatic heterocycles. The molecule has 0 unspecified atom stereocenters. The third-order valence-corrected chi connectivity index (χ3v) is 3.68. The molecular formula is C14H23N3O. The Morgan fingerprint density at radius 3 is 2.61 bits per heavy atom. The number of nitrogens with two attached hydrogens (primary N) is 1. The zero-order valence-corrected chi connectivity index (χ0v) is 11.1. The van der Waals surface area contributed by atoms with Crippen molar-refractivity contribution in [1.82, 2.24) is 4.98 Å². The summed E-state index contributed by atoms with van der Waals surface area (Å²) in [5.74, 6) is 0.688. The Labute approximate surface area is 109 Å². The van der Waals surface area contributed by atoms with Gasteiger partial charge < -0.3 is 16.2 Å². The minimum absolute atomic E-state index is 0.535. The van der Waals surface area contributed by atoms with Crippen molar-refractivity contribution >= 4 is 11.5 Å². The molecule has 1 saturated carbocycles. The second-order valence-electron chi connectivity index (χ2n) is 5.38. The highest BCUT2D eigenvalue weighted by molar-refractivity contribution is 5.61. The number of rotatable bonds is 3. The van der Waals surface area contributed by atoms with E-state index in [4.69, 9.17) is 5.73 Å². The summed E-state index contributed by atoms with van der Waals surface area (Å²) in [6.07, 6.45) is 6.40. The topological polar surface area (TPSA) is 71.2 Å². The number of anilines is 2. The first-order chi connectivity index (χ1) is 8.59. The molecule has 100 valence electrons. The molecule has 0 bridgehead atoms. The van der Waals surface area contributed by atoms with E-state index in [-0.39, 0.29) is 0 Å². The van der Waals surface area contributed by atoms with E-state index in [9.17, 15) is 5.11 Å². The summed E-state index contributed by atoms with van der Waals surface area (Å²) in [7, 11) is 0. The van der Waals surface area contributed by atoms with Gasteiger partial charge in [0.05, 0.1) is 11.3 Å². The first-order valence-corrected chi connectivity index (χ1v) is 6.78. The van der Waals surface area contributed by atoms with Gasteiger partial charge in [-0.25, -0.2) is 4.98 Å². The Hall–Kier alpha value is -1.29. The fourth-order valence-electron chi connectivity index (χ4n) is 2.52. The lowest BCUT2D eigenvalue weighted by atomic mass is 9.94. The fourth-order valence-corrected chi connectivity index (χ4v) is 2.52. The maximum absolute atomic E-state index is 10.5. The van der Waals surface area contributed by atoms with Gasteiger partial charge in [0.2, 0.25) is 0 Å². The van der Waals surface area contributed by atoms with Crippen molar-refractivity contribution in [1.29, 1.82) is 0 Å². The molecule has 0 atom stereocenters. The molecule has 1 aromatic heterocycles. The molecule has 0 amide bonds. The maximum atomic E-state index is 10.5. The van der Waals surface area contributed by atoms with Crippen LogP contribution in [0.15, 0.2) is 12.1 Å². The van der Waals surface area contributed by atoms with Gasteiger partial charge in [0, 0.05) is 12.2 Å². The number of aromatic nitrogens is 1.